The molecule has 38 heavy (non-hydrogen) atoms. The third-order valence-electron chi connectivity index (χ3n) is 6.52. The van der Waals surface area contributed by atoms with Gasteiger partial charge in [-0.15, -0.1) is 9.05 Å². The van der Waals surface area contributed by atoms with Crippen LogP contribution in [0.5, 0.6) is 0 Å². The second-order valence-corrected chi connectivity index (χ2v) is 10.6. The molecule has 2 fully saturated rings. The van der Waals surface area contributed by atoms with E-state index < -0.39 is 44.0 Å². The Morgan fingerprint density at radius 2 is 1.50 bits per heavy atom. The molecule has 16 nitrogen and oxygen atoms in total. The summed E-state index contributed by atoms with van der Waals surface area (Å²) in [6.45, 7) is -0.262. The standard InChI is InChI=1S/C20H24N10O6PS/c21-17-15-19(25-5-23-17)29(7-27-15)13-1-9(32)12(35-13)4-33-37(38)36-10-2-14(34-11(10)3-31)30-8-28-16-18(22)24-6-26-20(16)30/h5-14,31-32H,1-4H2,(H2,21,23,25)(H2,22,24,26)/q+1/t9-,10-,11+,12+,13+,14+/m0/s1. The molecule has 6 rings (SSSR count). The summed E-state index contributed by atoms with van der Waals surface area (Å²) < 4.78 is 27.1. The van der Waals surface area contributed by atoms with E-state index in [1.165, 1.54) is 12.7 Å². The van der Waals surface area contributed by atoms with Crippen molar-refractivity contribution in [1.29, 1.82) is 0 Å². The van der Waals surface area contributed by atoms with Gasteiger partial charge in [0.1, 0.15) is 61.1 Å². The van der Waals surface area contributed by atoms with Crippen molar-refractivity contribution in [3.8, 4) is 0 Å². The van der Waals surface area contributed by atoms with E-state index in [1.54, 1.807) is 21.8 Å². The Balaban J connectivity index is 1.06. The summed E-state index contributed by atoms with van der Waals surface area (Å²) in [6.07, 6.45) is 2.86. The SMILES string of the molecule is Nc1ncnc2c1ncn2[C@H]1C[C@H](O[P+](=S)OC[C@H]2O[C@@H](n3cnc4c(N)ncnc43)C[C@@H]2O)[C@@H](CO)O1. The molecule has 200 valence electrons. The monoisotopic (exact) mass is 563 g/mol. The molecule has 4 aromatic heterocycles. The molecule has 2 saturated heterocycles. The van der Waals surface area contributed by atoms with Crippen molar-refractivity contribution in [2.45, 2.75) is 49.7 Å². The van der Waals surface area contributed by atoms with Gasteiger partial charge in [0.2, 0.25) is 11.8 Å². The van der Waals surface area contributed by atoms with Gasteiger partial charge >= 0.3 is 7.15 Å². The number of nitrogen functional groups attached to an aromatic ring is 2. The van der Waals surface area contributed by atoms with Gasteiger partial charge in [-0.25, -0.2) is 29.9 Å². The van der Waals surface area contributed by atoms with Gasteiger partial charge < -0.3 is 31.2 Å². The highest BCUT2D eigenvalue weighted by Crippen LogP contribution is 2.40. The van der Waals surface area contributed by atoms with Gasteiger partial charge in [0.25, 0.3) is 0 Å². The van der Waals surface area contributed by atoms with E-state index in [9.17, 15) is 10.2 Å². The minimum Gasteiger partial charge on any atom is -0.394 e. The van der Waals surface area contributed by atoms with Crippen LogP contribution in [0.3, 0.4) is 0 Å². The number of rotatable bonds is 8. The van der Waals surface area contributed by atoms with Crippen LogP contribution in [0.25, 0.3) is 22.3 Å². The van der Waals surface area contributed by atoms with Gasteiger partial charge in [-0.2, -0.15) is 0 Å². The minimum atomic E-state index is -1.79. The molecular formula is C20H24N10O6PS+. The average Bonchev–Trinajstić information content (AvgIpc) is 3.68. The molecule has 7 atom stereocenters. The zero-order valence-electron chi connectivity index (χ0n) is 19.7. The largest absolute Gasteiger partial charge is 0.522 e. The van der Waals surface area contributed by atoms with Crippen LogP contribution in [0.4, 0.5) is 11.6 Å². The van der Waals surface area contributed by atoms with Gasteiger partial charge in [0.05, 0.1) is 25.4 Å². The number of fused-ring (bicyclic) bond motifs is 2. The van der Waals surface area contributed by atoms with Crippen LogP contribution in [0.2, 0.25) is 0 Å². The van der Waals surface area contributed by atoms with Gasteiger partial charge in [0, 0.05) is 12.8 Å². The lowest BCUT2D eigenvalue weighted by atomic mass is 10.2. The van der Waals surface area contributed by atoms with Gasteiger partial charge in [0.15, 0.2) is 22.9 Å². The molecule has 0 aromatic carbocycles. The topological polar surface area (TPSA) is 217 Å². The Kier molecular flexibility index (Phi) is 6.83. The highest BCUT2D eigenvalue weighted by molar-refractivity contribution is 8.00. The maximum atomic E-state index is 10.6. The van der Waals surface area contributed by atoms with E-state index in [4.69, 9.17) is 41.8 Å². The van der Waals surface area contributed by atoms with Crippen molar-refractivity contribution in [3.63, 3.8) is 0 Å². The van der Waals surface area contributed by atoms with Gasteiger partial charge in [-0.1, -0.05) is 0 Å². The number of ether oxygens (including phenoxy) is 2. The summed E-state index contributed by atoms with van der Waals surface area (Å²) in [5.41, 5.74) is 13.7. The molecular weight excluding hydrogens is 539 g/mol. The molecule has 1 unspecified atom stereocenters. The van der Waals surface area contributed by atoms with E-state index in [2.05, 4.69) is 29.9 Å². The third-order valence-corrected chi connectivity index (χ3v) is 7.90. The van der Waals surface area contributed by atoms with Crippen LogP contribution in [0, 0.1) is 0 Å². The number of imidazole rings is 2. The molecule has 6 heterocycles. The predicted octanol–water partition coefficient (Wildman–Crippen LogP) is -0.0656. The smallest absolute Gasteiger partial charge is 0.394 e. The van der Waals surface area contributed by atoms with Gasteiger partial charge in [-0.05, 0) is 0 Å². The van der Waals surface area contributed by atoms with E-state index in [1.807, 2.05) is 0 Å². The summed E-state index contributed by atoms with van der Waals surface area (Å²) in [6, 6.07) is 0. The lowest BCUT2D eigenvalue weighted by Gasteiger charge is -2.14. The number of nitrogens with zero attached hydrogens (tertiary/aromatic N) is 8. The number of hydrogen-bond acceptors (Lipinski definition) is 15. The summed E-state index contributed by atoms with van der Waals surface area (Å²) in [4.78, 5) is 24.8. The second-order valence-electron chi connectivity index (χ2n) is 8.81. The number of aliphatic hydroxyl groups excluding tert-OH is 2. The summed E-state index contributed by atoms with van der Waals surface area (Å²) >= 11 is 5.41. The lowest BCUT2D eigenvalue weighted by Crippen LogP contribution is -2.27. The second kappa shape index (κ2) is 10.3. The van der Waals surface area contributed by atoms with Crippen LogP contribution in [0.1, 0.15) is 25.3 Å². The predicted molar refractivity (Wildman–Crippen MR) is 135 cm³/mol. The Bertz CT molecular complexity index is 1490. The number of hydrogen-bond donors (Lipinski definition) is 4. The summed E-state index contributed by atoms with van der Waals surface area (Å²) in [5.74, 6) is 0.525. The molecule has 2 aliphatic rings. The van der Waals surface area contributed by atoms with Crippen LogP contribution < -0.4 is 11.5 Å². The normalized spacial score (nSPS) is 28.0. The van der Waals surface area contributed by atoms with E-state index in [0.29, 0.717) is 35.2 Å². The van der Waals surface area contributed by atoms with Crippen LogP contribution in [0.15, 0.2) is 25.3 Å². The zero-order valence-corrected chi connectivity index (χ0v) is 21.4. The Hall–Kier alpha value is -3.02. The summed E-state index contributed by atoms with van der Waals surface area (Å²) in [5, 5.41) is 20.4. The fourth-order valence-electron chi connectivity index (χ4n) is 4.62. The molecule has 0 aliphatic carbocycles. The lowest BCUT2D eigenvalue weighted by molar-refractivity contribution is -0.0454. The van der Waals surface area contributed by atoms with Crippen molar-refractivity contribution in [2.75, 3.05) is 24.7 Å². The van der Waals surface area contributed by atoms with Crippen molar-refractivity contribution in [1.82, 2.24) is 39.0 Å². The third kappa shape index (κ3) is 4.56. The molecule has 6 N–H and O–H groups in total. The van der Waals surface area contributed by atoms with E-state index in [0.717, 1.165) is 0 Å². The Labute approximate surface area is 220 Å². The Morgan fingerprint density at radius 1 is 0.921 bits per heavy atom. The fraction of sp³-hybridized carbons (Fsp3) is 0.500. The molecule has 0 bridgehead atoms. The molecule has 2 aliphatic heterocycles. The van der Waals surface area contributed by atoms with Crippen LogP contribution in [-0.2, 0) is 30.3 Å². The molecule has 0 saturated carbocycles. The maximum Gasteiger partial charge on any atom is 0.522 e. The highest BCUT2D eigenvalue weighted by atomic mass is 32.4. The van der Waals surface area contributed by atoms with E-state index in [-0.39, 0.29) is 24.8 Å². The van der Waals surface area contributed by atoms with Crippen molar-refractivity contribution in [2.24, 2.45) is 0 Å². The fourth-order valence-corrected chi connectivity index (χ4v) is 5.91. The summed E-state index contributed by atoms with van der Waals surface area (Å²) in [7, 11) is -1.79. The molecule has 0 amide bonds. The maximum absolute atomic E-state index is 10.6. The quantitative estimate of drug-likeness (QED) is 0.206. The number of aromatic nitrogens is 8. The molecule has 0 radical (unpaired) electrons. The first-order valence-electron chi connectivity index (χ1n) is 11.7. The molecule has 0 spiro atoms. The van der Waals surface area contributed by atoms with Crippen LogP contribution >= 0.6 is 7.15 Å². The zero-order chi connectivity index (χ0) is 26.4. The van der Waals surface area contributed by atoms with Gasteiger partial charge in [-0.3, -0.25) is 9.13 Å². The van der Waals surface area contributed by atoms with Crippen molar-refractivity contribution < 1.29 is 28.7 Å². The van der Waals surface area contributed by atoms with E-state index >= 15 is 0 Å². The molecule has 18 heteroatoms. The number of nitrogens with two attached hydrogens (primary N) is 2. The first kappa shape index (κ1) is 25.3. The highest BCUT2D eigenvalue weighted by Gasteiger charge is 2.43. The number of anilines is 2. The van der Waals surface area contributed by atoms with Crippen molar-refractivity contribution in [3.05, 3.63) is 25.3 Å². The minimum absolute atomic E-state index is 0.0137. The van der Waals surface area contributed by atoms with Crippen molar-refractivity contribution >= 4 is 52.9 Å². The molecule has 4 aromatic rings. The van der Waals surface area contributed by atoms with Crippen LogP contribution in [-0.4, -0.2) is 86.9 Å². The first-order valence-corrected chi connectivity index (χ1v) is 13.8. The number of aliphatic hydroxyl groups is 2. The first-order chi connectivity index (χ1) is 18.4. The average molecular weight is 564 g/mol. The Morgan fingerprint density at radius 3 is 2.11 bits per heavy atom.